The van der Waals surface area contributed by atoms with Crippen LogP contribution in [0.1, 0.15) is 59.4 Å². The number of esters is 1. The van der Waals surface area contributed by atoms with Crippen LogP contribution in [0.2, 0.25) is 0 Å². The Morgan fingerprint density at radius 1 is 1.21 bits per heavy atom. The average Bonchev–Trinajstić information content (AvgIpc) is 3.06. The van der Waals surface area contributed by atoms with Gasteiger partial charge in [0.1, 0.15) is 18.2 Å². The van der Waals surface area contributed by atoms with E-state index in [1.165, 1.54) is 0 Å². The number of rotatable bonds is 8. The lowest BCUT2D eigenvalue weighted by Gasteiger charge is -2.30. The third kappa shape index (κ3) is 8.44. The highest BCUT2D eigenvalue weighted by Crippen LogP contribution is 2.21. The minimum atomic E-state index is -0.538. The molecule has 0 aromatic heterocycles. The van der Waals surface area contributed by atoms with Crippen molar-refractivity contribution in [3.63, 3.8) is 0 Å². The summed E-state index contributed by atoms with van der Waals surface area (Å²) in [6, 6.07) is 9.37. The van der Waals surface area contributed by atoms with Crippen LogP contribution in [0.15, 0.2) is 30.3 Å². The molecule has 1 aliphatic rings. The molecule has 0 bridgehead atoms. The van der Waals surface area contributed by atoms with Crippen LogP contribution in [0.5, 0.6) is 0 Å². The van der Waals surface area contributed by atoms with E-state index in [9.17, 15) is 9.59 Å². The number of nitrogens with zero attached hydrogens (tertiary/aromatic N) is 1. The Kier molecular flexibility index (Phi) is 8.50. The van der Waals surface area contributed by atoms with Crippen molar-refractivity contribution in [3.05, 3.63) is 35.9 Å². The van der Waals surface area contributed by atoms with E-state index >= 15 is 0 Å². The number of amides is 1. The van der Waals surface area contributed by atoms with Gasteiger partial charge in [0, 0.05) is 12.6 Å². The van der Waals surface area contributed by atoms with Gasteiger partial charge in [0.25, 0.3) is 0 Å². The predicted octanol–water partition coefficient (Wildman–Crippen LogP) is 4.13. The van der Waals surface area contributed by atoms with E-state index < -0.39 is 11.7 Å². The fraction of sp³-hybridized carbons (Fsp3) is 0.652. The molecule has 1 N–H and O–H groups in total. The van der Waals surface area contributed by atoms with Crippen LogP contribution in [-0.4, -0.2) is 47.7 Å². The molecule has 2 atom stereocenters. The van der Waals surface area contributed by atoms with Gasteiger partial charge in [-0.1, -0.05) is 44.2 Å². The highest BCUT2D eigenvalue weighted by Gasteiger charge is 2.34. The quantitative estimate of drug-likeness (QED) is 0.660. The van der Waals surface area contributed by atoms with Crippen LogP contribution in [-0.2, 0) is 20.9 Å². The average molecular weight is 405 g/mol. The molecule has 1 aromatic rings. The van der Waals surface area contributed by atoms with E-state index in [4.69, 9.17) is 9.47 Å². The zero-order chi connectivity index (χ0) is 21.4. The van der Waals surface area contributed by atoms with E-state index in [1.54, 1.807) is 0 Å². The standard InChI is InChI=1S/C23H36N2O4/c1-17(2)14-19(24-22(27)29-23(3,4)5)15-25-13-9-12-20(25)21(26)28-16-18-10-7-6-8-11-18/h6-8,10-11,17,19-20H,9,12-16H2,1-5H3,(H,24,27)/t19-,20+/m1/s1. The monoisotopic (exact) mass is 404 g/mol. The molecule has 2 rings (SSSR count). The van der Waals surface area contributed by atoms with Crippen molar-refractivity contribution >= 4 is 12.1 Å². The Hall–Kier alpha value is -2.08. The summed E-state index contributed by atoms with van der Waals surface area (Å²) in [5, 5.41) is 2.99. The smallest absolute Gasteiger partial charge is 0.407 e. The number of benzene rings is 1. The summed E-state index contributed by atoms with van der Waals surface area (Å²) in [7, 11) is 0. The maximum Gasteiger partial charge on any atom is 0.407 e. The highest BCUT2D eigenvalue weighted by atomic mass is 16.6. The Balaban J connectivity index is 1.93. The fourth-order valence-corrected chi connectivity index (χ4v) is 3.64. The van der Waals surface area contributed by atoms with Gasteiger partial charge >= 0.3 is 12.1 Å². The van der Waals surface area contributed by atoms with Crippen molar-refractivity contribution in [1.29, 1.82) is 0 Å². The molecule has 0 spiro atoms. The van der Waals surface area contributed by atoms with Crippen LogP contribution in [0, 0.1) is 5.92 Å². The van der Waals surface area contributed by atoms with Crippen molar-refractivity contribution in [2.75, 3.05) is 13.1 Å². The predicted molar refractivity (Wildman–Crippen MR) is 113 cm³/mol. The molecule has 1 fully saturated rings. The molecule has 1 aliphatic heterocycles. The zero-order valence-electron chi connectivity index (χ0n) is 18.4. The summed E-state index contributed by atoms with van der Waals surface area (Å²) in [6.45, 7) is 11.5. The summed E-state index contributed by atoms with van der Waals surface area (Å²) >= 11 is 0. The van der Waals surface area contributed by atoms with Crippen LogP contribution >= 0.6 is 0 Å². The van der Waals surface area contributed by atoms with Gasteiger partial charge in [-0.25, -0.2) is 4.79 Å². The molecule has 0 radical (unpaired) electrons. The molecule has 1 saturated heterocycles. The van der Waals surface area contributed by atoms with Crippen LogP contribution in [0.25, 0.3) is 0 Å². The number of alkyl carbamates (subject to hydrolysis) is 1. The van der Waals surface area contributed by atoms with Gasteiger partial charge in [0.05, 0.1) is 0 Å². The number of carbonyl (C=O) groups excluding carboxylic acids is 2. The largest absolute Gasteiger partial charge is 0.460 e. The summed E-state index contributed by atoms with van der Waals surface area (Å²) in [5.74, 6) is 0.230. The van der Waals surface area contributed by atoms with Crippen LogP contribution < -0.4 is 5.32 Å². The number of ether oxygens (including phenoxy) is 2. The van der Waals surface area contributed by atoms with Gasteiger partial charge < -0.3 is 14.8 Å². The summed E-state index contributed by atoms with van der Waals surface area (Å²) in [6.07, 6.45) is 2.15. The fourth-order valence-electron chi connectivity index (χ4n) is 3.64. The SMILES string of the molecule is CC(C)C[C@H](CN1CCC[C@H]1C(=O)OCc1ccccc1)NC(=O)OC(C)(C)C. The van der Waals surface area contributed by atoms with Gasteiger partial charge in [-0.15, -0.1) is 0 Å². The Bertz CT molecular complexity index is 655. The van der Waals surface area contributed by atoms with Crippen molar-refractivity contribution in [2.45, 2.75) is 78.2 Å². The zero-order valence-corrected chi connectivity index (χ0v) is 18.4. The lowest BCUT2D eigenvalue weighted by atomic mass is 10.0. The maximum atomic E-state index is 12.7. The second kappa shape index (κ2) is 10.6. The summed E-state index contributed by atoms with van der Waals surface area (Å²) in [4.78, 5) is 27.1. The third-order valence-corrected chi connectivity index (χ3v) is 4.79. The first-order valence-corrected chi connectivity index (χ1v) is 10.6. The van der Waals surface area contributed by atoms with Gasteiger partial charge in [-0.05, 0) is 58.1 Å². The van der Waals surface area contributed by atoms with Crippen molar-refractivity contribution < 1.29 is 19.1 Å². The number of hydrogen-bond acceptors (Lipinski definition) is 5. The molecule has 0 saturated carbocycles. The molecule has 1 aromatic carbocycles. The minimum Gasteiger partial charge on any atom is -0.460 e. The van der Waals surface area contributed by atoms with Crippen LogP contribution in [0.3, 0.4) is 0 Å². The first kappa shape index (κ1) is 23.2. The minimum absolute atomic E-state index is 0.0765. The first-order valence-electron chi connectivity index (χ1n) is 10.6. The van der Waals surface area contributed by atoms with Gasteiger partial charge in [-0.2, -0.15) is 0 Å². The lowest BCUT2D eigenvalue weighted by molar-refractivity contribution is -0.150. The first-order chi connectivity index (χ1) is 13.6. The third-order valence-electron chi connectivity index (χ3n) is 4.79. The van der Waals surface area contributed by atoms with Gasteiger partial charge in [-0.3, -0.25) is 9.69 Å². The van der Waals surface area contributed by atoms with Crippen molar-refractivity contribution in [1.82, 2.24) is 10.2 Å². The van der Waals surface area contributed by atoms with E-state index in [2.05, 4.69) is 24.1 Å². The van der Waals surface area contributed by atoms with E-state index in [0.717, 1.165) is 31.4 Å². The number of likely N-dealkylation sites (tertiary alicyclic amines) is 1. The molecule has 6 nitrogen and oxygen atoms in total. The second-order valence-corrected chi connectivity index (χ2v) is 9.22. The van der Waals surface area contributed by atoms with Crippen molar-refractivity contribution in [2.24, 2.45) is 5.92 Å². The maximum absolute atomic E-state index is 12.7. The Morgan fingerprint density at radius 2 is 1.90 bits per heavy atom. The Morgan fingerprint density at radius 3 is 2.52 bits per heavy atom. The van der Waals surface area contributed by atoms with Crippen LogP contribution in [0.4, 0.5) is 4.79 Å². The molecule has 0 aliphatic carbocycles. The molecule has 1 heterocycles. The summed E-state index contributed by atoms with van der Waals surface area (Å²) in [5.41, 5.74) is 0.443. The normalized spacial score (nSPS) is 18.5. The molecule has 162 valence electrons. The highest BCUT2D eigenvalue weighted by molar-refractivity contribution is 5.76. The number of nitrogens with one attached hydrogen (secondary N) is 1. The lowest BCUT2D eigenvalue weighted by Crippen LogP contribution is -2.49. The number of carbonyl (C=O) groups is 2. The van der Waals surface area contributed by atoms with E-state index in [0.29, 0.717) is 12.5 Å². The molecular formula is C23H36N2O4. The van der Waals surface area contributed by atoms with Gasteiger partial charge in [0.15, 0.2) is 0 Å². The van der Waals surface area contributed by atoms with Crippen molar-refractivity contribution in [3.8, 4) is 0 Å². The molecular weight excluding hydrogens is 368 g/mol. The van der Waals surface area contributed by atoms with E-state index in [1.807, 2.05) is 51.1 Å². The Labute approximate surface area is 174 Å². The number of hydrogen-bond donors (Lipinski definition) is 1. The second-order valence-electron chi connectivity index (χ2n) is 9.22. The van der Waals surface area contributed by atoms with Gasteiger partial charge in [0.2, 0.25) is 0 Å². The molecule has 29 heavy (non-hydrogen) atoms. The van der Waals surface area contributed by atoms with E-state index in [-0.39, 0.29) is 24.7 Å². The molecule has 1 amide bonds. The molecule has 0 unspecified atom stereocenters. The molecule has 6 heteroatoms. The topological polar surface area (TPSA) is 67.9 Å². The summed E-state index contributed by atoms with van der Waals surface area (Å²) < 4.78 is 11.0.